The summed E-state index contributed by atoms with van der Waals surface area (Å²) in [5.74, 6) is 1.58. The molecule has 4 aromatic carbocycles. The highest BCUT2D eigenvalue weighted by Gasteiger charge is 2.18. The highest BCUT2D eigenvalue weighted by atomic mass is 16.5. The van der Waals surface area contributed by atoms with Crippen LogP contribution in [0.2, 0.25) is 0 Å². The molecular formula is C39H42N2O2. The number of para-hydroxylation sites is 2. The van der Waals surface area contributed by atoms with Gasteiger partial charge in [0.25, 0.3) is 0 Å². The van der Waals surface area contributed by atoms with E-state index in [1.54, 1.807) is 14.2 Å². The minimum atomic E-state index is 0.792. The third-order valence-electron chi connectivity index (χ3n) is 7.92. The van der Waals surface area contributed by atoms with Crippen LogP contribution in [0.1, 0.15) is 39.5 Å². The van der Waals surface area contributed by atoms with E-state index in [4.69, 9.17) is 14.5 Å². The van der Waals surface area contributed by atoms with Crippen molar-refractivity contribution in [1.29, 1.82) is 0 Å². The molecule has 0 aliphatic heterocycles. The number of pyridine rings is 1. The second kappa shape index (κ2) is 14.6. The van der Waals surface area contributed by atoms with E-state index in [2.05, 4.69) is 91.5 Å². The number of methoxy groups -OCH3 is 2. The first-order chi connectivity index (χ1) is 21.2. The van der Waals surface area contributed by atoms with Gasteiger partial charge in [0.15, 0.2) is 0 Å². The highest BCUT2D eigenvalue weighted by molar-refractivity contribution is 5.89. The predicted molar refractivity (Wildman–Crippen MR) is 181 cm³/mol. The summed E-state index contributed by atoms with van der Waals surface area (Å²) < 4.78 is 11.6. The molecule has 0 atom stereocenters. The molecule has 5 aromatic rings. The molecule has 4 heteroatoms. The van der Waals surface area contributed by atoms with Gasteiger partial charge in [0.05, 0.1) is 25.6 Å². The first-order valence-electron chi connectivity index (χ1n) is 15.4. The maximum Gasteiger partial charge on any atom is 0.128 e. The van der Waals surface area contributed by atoms with E-state index in [1.807, 2.05) is 36.4 Å². The van der Waals surface area contributed by atoms with Crippen molar-refractivity contribution >= 4 is 5.69 Å². The summed E-state index contributed by atoms with van der Waals surface area (Å²) in [5.41, 5.74) is 9.53. The van der Waals surface area contributed by atoms with Gasteiger partial charge in [-0.15, -0.1) is 0 Å². The third kappa shape index (κ3) is 6.91. The van der Waals surface area contributed by atoms with Crippen LogP contribution in [-0.2, 0) is 0 Å². The fourth-order valence-corrected chi connectivity index (χ4v) is 5.58. The average Bonchev–Trinajstić information content (AvgIpc) is 3.08. The molecule has 0 bridgehead atoms. The summed E-state index contributed by atoms with van der Waals surface area (Å²) in [7, 11) is 3.42. The minimum absolute atomic E-state index is 0.792. The van der Waals surface area contributed by atoms with Gasteiger partial charge in [-0.3, -0.25) is 0 Å². The summed E-state index contributed by atoms with van der Waals surface area (Å²) in [6.45, 7) is 6.63. The first-order valence-corrected chi connectivity index (χ1v) is 15.4. The summed E-state index contributed by atoms with van der Waals surface area (Å²) >= 11 is 0. The van der Waals surface area contributed by atoms with Gasteiger partial charge in [-0.1, -0.05) is 87.4 Å². The minimum Gasteiger partial charge on any atom is -0.496 e. The second-order valence-electron chi connectivity index (χ2n) is 10.8. The maximum atomic E-state index is 5.78. The Bertz CT molecular complexity index is 1560. The molecule has 0 fully saturated rings. The van der Waals surface area contributed by atoms with Crippen LogP contribution < -0.4 is 14.4 Å². The van der Waals surface area contributed by atoms with Crippen LogP contribution in [0.4, 0.5) is 5.69 Å². The van der Waals surface area contributed by atoms with Crippen LogP contribution >= 0.6 is 0 Å². The Hall–Kier alpha value is -4.57. The number of rotatable bonds is 13. The van der Waals surface area contributed by atoms with Crippen molar-refractivity contribution in [3.63, 3.8) is 0 Å². The fourth-order valence-electron chi connectivity index (χ4n) is 5.58. The number of benzene rings is 4. The molecule has 0 radical (unpaired) electrons. The van der Waals surface area contributed by atoms with Crippen molar-refractivity contribution in [3.8, 4) is 56.3 Å². The molecule has 220 valence electrons. The Morgan fingerprint density at radius 3 is 1.60 bits per heavy atom. The monoisotopic (exact) mass is 570 g/mol. The van der Waals surface area contributed by atoms with Crippen LogP contribution in [0.25, 0.3) is 44.8 Å². The van der Waals surface area contributed by atoms with Crippen LogP contribution in [0.3, 0.4) is 0 Å². The molecule has 4 nitrogen and oxygen atoms in total. The molecule has 0 N–H and O–H groups in total. The molecule has 1 aromatic heterocycles. The maximum absolute atomic E-state index is 5.78. The van der Waals surface area contributed by atoms with Gasteiger partial charge in [-0.25, -0.2) is 4.98 Å². The third-order valence-corrected chi connectivity index (χ3v) is 7.92. The molecule has 5 rings (SSSR count). The van der Waals surface area contributed by atoms with Crippen molar-refractivity contribution in [3.05, 3.63) is 109 Å². The molecule has 0 aliphatic rings. The smallest absolute Gasteiger partial charge is 0.128 e. The number of hydrogen-bond acceptors (Lipinski definition) is 4. The van der Waals surface area contributed by atoms with E-state index in [0.29, 0.717) is 0 Å². The van der Waals surface area contributed by atoms with Crippen molar-refractivity contribution in [2.24, 2.45) is 0 Å². The van der Waals surface area contributed by atoms with Crippen molar-refractivity contribution in [2.45, 2.75) is 39.5 Å². The summed E-state index contributed by atoms with van der Waals surface area (Å²) in [6.07, 6.45) is 4.69. The highest BCUT2D eigenvalue weighted by Crippen LogP contribution is 2.41. The van der Waals surface area contributed by atoms with E-state index in [-0.39, 0.29) is 0 Å². The number of unbranched alkanes of at least 4 members (excludes halogenated alkanes) is 2. The standard InChI is InChI=1S/C39H42N2O2/c1-5-7-24-41(25-8-6-2)31-22-23-32(29-16-10-9-11-17-29)35(28-31)30-26-36(33-18-12-14-20-38(33)42-3)40-37(27-30)34-19-13-15-21-39(34)43-4/h9-23,26-28H,5-8,24-25H2,1-4H3. The Labute approximate surface area is 257 Å². The van der Waals surface area contributed by atoms with Crippen molar-refractivity contribution in [1.82, 2.24) is 4.98 Å². The average molecular weight is 571 g/mol. The fraction of sp³-hybridized carbons (Fsp3) is 0.256. The largest absolute Gasteiger partial charge is 0.496 e. The lowest BCUT2D eigenvalue weighted by molar-refractivity contribution is 0.416. The summed E-state index contributed by atoms with van der Waals surface area (Å²) in [5, 5.41) is 0. The molecule has 1 heterocycles. The van der Waals surface area contributed by atoms with Gasteiger partial charge >= 0.3 is 0 Å². The molecule has 43 heavy (non-hydrogen) atoms. The van der Waals surface area contributed by atoms with Crippen molar-refractivity contribution in [2.75, 3.05) is 32.2 Å². The second-order valence-corrected chi connectivity index (χ2v) is 10.8. The topological polar surface area (TPSA) is 34.6 Å². The van der Waals surface area contributed by atoms with E-state index < -0.39 is 0 Å². The molecule has 0 aliphatic carbocycles. The van der Waals surface area contributed by atoms with Crippen molar-refractivity contribution < 1.29 is 9.47 Å². The van der Waals surface area contributed by atoms with Gasteiger partial charge in [0.1, 0.15) is 11.5 Å². The van der Waals surface area contributed by atoms with Gasteiger partial charge in [-0.05, 0) is 83.6 Å². The Balaban J connectivity index is 1.77. The molecular weight excluding hydrogens is 528 g/mol. The number of ether oxygens (including phenoxy) is 2. The summed E-state index contributed by atoms with van der Waals surface area (Å²) in [6, 6.07) is 38.2. The van der Waals surface area contributed by atoms with Gasteiger partial charge in [-0.2, -0.15) is 0 Å². The SMILES string of the molecule is CCCCN(CCCC)c1ccc(-c2ccccc2)c(-c2cc(-c3ccccc3OC)nc(-c3ccccc3OC)c2)c1. The predicted octanol–water partition coefficient (Wildman–Crippen LogP) is 10.2. The molecule has 0 unspecified atom stereocenters. The van der Waals surface area contributed by atoms with Gasteiger partial charge < -0.3 is 14.4 Å². The van der Waals surface area contributed by atoms with Crippen LogP contribution in [0, 0.1) is 0 Å². The van der Waals surface area contributed by atoms with Gasteiger partial charge in [0, 0.05) is 29.9 Å². The number of anilines is 1. The quantitative estimate of drug-likeness (QED) is 0.141. The lowest BCUT2D eigenvalue weighted by Crippen LogP contribution is -2.25. The number of hydrogen-bond donors (Lipinski definition) is 0. The summed E-state index contributed by atoms with van der Waals surface area (Å²) in [4.78, 5) is 7.74. The molecule has 0 amide bonds. The number of nitrogens with zero attached hydrogens (tertiary/aromatic N) is 2. The lowest BCUT2D eigenvalue weighted by Gasteiger charge is -2.26. The van der Waals surface area contributed by atoms with E-state index in [9.17, 15) is 0 Å². The molecule has 0 saturated heterocycles. The van der Waals surface area contributed by atoms with Crippen LogP contribution in [0.5, 0.6) is 11.5 Å². The zero-order chi connectivity index (χ0) is 30.0. The first kappa shape index (κ1) is 29.9. The normalized spacial score (nSPS) is 10.9. The molecule has 0 saturated carbocycles. The zero-order valence-corrected chi connectivity index (χ0v) is 25.8. The Morgan fingerprint density at radius 1 is 0.535 bits per heavy atom. The number of aromatic nitrogens is 1. The van der Waals surface area contributed by atoms with E-state index >= 15 is 0 Å². The van der Waals surface area contributed by atoms with Gasteiger partial charge in [0.2, 0.25) is 0 Å². The van der Waals surface area contributed by atoms with Crippen LogP contribution in [0.15, 0.2) is 109 Å². The zero-order valence-electron chi connectivity index (χ0n) is 25.8. The van der Waals surface area contributed by atoms with Crippen LogP contribution in [-0.4, -0.2) is 32.3 Å². The lowest BCUT2D eigenvalue weighted by atomic mass is 9.92. The van der Waals surface area contributed by atoms with E-state index in [1.165, 1.54) is 48.1 Å². The molecule has 0 spiro atoms. The Kier molecular flexibility index (Phi) is 10.1. The van der Waals surface area contributed by atoms with E-state index in [0.717, 1.165) is 52.7 Å². The Morgan fingerprint density at radius 2 is 1.07 bits per heavy atom.